The molecule has 3 amide bonds. The van der Waals surface area contributed by atoms with Gasteiger partial charge in [-0.1, -0.05) is 50.6 Å². The molecule has 5 unspecified atom stereocenters. The average Bonchev–Trinajstić information content (AvgIpc) is 3.61. The summed E-state index contributed by atoms with van der Waals surface area (Å²) in [4.78, 5) is 58.1. The van der Waals surface area contributed by atoms with Crippen molar-refractivity contribution in [1.29, 1.82) is 0 Å². The molecule has 5 atom stereocenters. The van der Waals surface area contributed by atoms with Crippen LogP contribution in [0.3, 0.4) is 0 Å². The van der Waals surface area contributed by atoms with Crippen LogP contribution in [-0.2, 0) is 32.0 Å². The molecule has 200 valence electrons. The fourth-order valence-electron chi connectivity index (χ4n) is 4.27. The summed E-state index contributed by atoms with van der Waals surface area (Å²) in [5, 5.41) is 21.0. The number of carbonyl (C=O) groups is 4. The van der Waals surface area contributed by atoms with Gasteiger partial charge in [-0.15, -0.1) is 0 Å². The summed E-state index contributed by atoms with van der Waals surface area (Å²) < 4.78 is 0. The lowest BCUT2D eigenvalue weighted by atomic mass is 9.96. The monoisotopic (exact) mass is 512 g/mol. The van der Waals surface area contributed by atoms with E-state index in [-0.39, 0.29) is 30.7 Å². The number of H-pyrrole nitrogens is 1. The highest BCUT2D eigenvalue weighted by molar-refractivity contribution is 5.94. The molecule has 1 saturated heterocycles. The Balaban J connectivity index is 1.76. The number of carbonyl (C=O) groups excluding carboxylic acids is 3. The molecule has 1 fully saturated rings. The molecule has 0 aliphatic carbocycles. The standard InChI is InChI=1S/C26H36N6O5/c1-3-16(2)22(32-23(33)19-10-7-11-28-19)25(35)30-20(12-17-8-5-4-6-9-17)24(34)31-21(26(36)37)13-18-14-27-15-29-18/h4-6,8-9,14-16,19-22,28H,3,7,10-13H2,1-2H3,(H,27,29)(H,30,35)(H,31,34)(H,32,33)(H,36,37). The Morgan fingerprint density at radius 2 is 1.78 bits per heavy atom. The van der Waals surface area contributed by atoms with Crippen molar-refractivity contribution in [1.82, 2.24) is 31.2 Å². The van der Waals surface area contributed by atoms with Gasteiger partial charge >= 0.3 is 5.97 Å². The third-order valence-electron chi connectivity index (χ3n) is 6.68. The maximum absolute atomic E-state index is 13.4. The van der Waals surface area contributed by atoms with Crippen molar-refractivity contribution in [3.05, 3.63) is 54.1 Å². The molecule has 2 heterocycles. The second-order valence-electron chi connectivity index (χ2n) is 9.45. The lowest BCUT2D eigenvalue weighted by molar-refractivity contribution is -0.142. The van der Waals surface area contributed by atoms with Crippen molar-refractivity contribution >= 4 is 23.7 Å². The number of amides is 3. The summed E-state index contributed by atoms with van der Waals surface area (Å²) in [6.07, 6.45) is 5.31. The molecular formula is C26H36N6O5. The topological polar surface area (TPSA) is 165 Å². The number of nitrogens with zero attached hydrogens (tertiary/aromatic N) is 1. The van der Waals surface area contributed by atoms with Crippen LogP contribution in [0.15, 0.2) is 42.9 Å². The fourth-order valence-corrected chi connectivity index (χ4v) is 4.27. The molecule has 0 saturated carbocycles. The van der Waals surface area contributed by atoms with E-state index in [1.165, 1.54) is 12.5 Å². The van der Waals surface area contributed by atoms with Gasteiger partial charge in [0.05, 0.1) is 12.4 Å². The highest BCUT2D eigenvalue weighted by Crippen LogP contribution is 2.12. The number of nitrogens with one attached hydrogen (secondary N) is 5. The van der Waals surface area contributed by atoms with Crippen LogP contribution in [0.2, 0.25) is 0 Å². The molecule has 11 heteroatoms. The van der Waals surface area contributed by atoms with E-state index in [2.05, 4.69) is 31.2 Å². The number of hydrogen-bond donors (Lipinski definition) is 6. The van der Waals surface area contributed by atoms with Crippen LogP contribution in [0.25, 0.3) is 0 Å². The van der Waals surface area contributed by atoms with Crippen LogP contribution < -0.4 is 21.3 Å². The van der Waals surface area contributed by atoms with Crippen molar-refractivity contribution < 1.29 is 24.3 Å². The number of imidazole rings is 1. The molecule has 6 N–H and O–H groups in total. The molecule has 0 radical (unpaired) electrons. The smallest absolute Gasteiger partial charge is 0.326 e. The molecule has 2 aromatic rings. The first kappa shape index (κ1) is 27.9. The second-order valence-corrected chi connectivity index (χ2v) is 9.45. The minimum atomic E-state index is -1.22. The highest BCUT2D eigenvalue weighted by Gasteiger charge is 2.33. The molecule has 37 heavy (non-hydrogen) atoms. The first-order valence-electron chi connectivity index (χ1n) is 12.7. The van der Waals surface area contributed by atoms with Gasteiger partial charge in [-0.3, -0.25) is 14.4 Å². The molecule has 1 aliphatic rings. The number of hydrogen-bond acceptors (Lipinski definition) is 6. The van der Waals surface area contributed by atoms with Crippen LogP contribution in [0.1, 0.15) is 44.4 Å². The fraction of sp³-hybridized carbons (Fsp3) is 0.500. The van der Waals surface area contributed by atoms with Crippen LogP contribution in [0.5, 0.6) is 0 Å². The van der Waals surface area contributed by atoms with Gasteiger partial charge in [0.2, 0.25) is 17.7 Å². The summed E-state index contributed by atoms with van der Waals surface area (Å²) in [6, 6.07) is 5.67. The molecular weight excluding hydrogens is 476 g/mol. The average molecular weight is 513 g/mol. The van der Waals surface area contributed by atoms with Gasteiger partial charge < -0.3 is 31.4 Å². The maximum atomic E-state index is 13.4. The van der Waals surface area contributed by atoms with Crippen molar-refractivity contribution in [3.63, 3.8) is 0 Å². The van der Waals surface area contributed by atoms with Crippen LogP contribution in [0, 0.1) is 5.92 Å². The van der Waals surface area contributed by atoms with E-state index in [0.717, 1.165) is 18.5 Å². The predicted octanol–water partition coefficient (Wildman–Crippen LogP) is 0.532. The van der Waals surface area contributed by atoms with Gasteiger partial charge in [0, 0.05) is 24.7 Å². The summed E-state index contributed by atoms with van der Waals surface area (Å²) in [6.45, 7) is 4.54. The zero-order valence-corrected chi connectivity index (χ0v) is 21.2. The number of carboxylic acid groups (broad SMARTS) is 1. The third kappa shape index (κ3) is 8.14. The van der Waals surface area contributed by atoms with E-state index in [0.29, 0.717) is 18.5 Å². The minimum absolute atomic E-state index is 0.00696. The van der Waals surface area contributed by atoms with Crippen molar-refractivity contribution in [3.8, 4) is 0 Å². The normalized spacial score (nSPS) is 18.3. The summed E-state index contributed by atoms with van der Waals surface area (Å²) in [7, 11) is 0. The van der Waals surface area contributed by atoms with Crippen molar-refractivity contribution in [2.24, 2.45) is 5.92 Å². The lowest BCUT2D eigenvalue weighted by Gasteiger charge is -2.28. The van der Waals surface area contributed by atoms with Gasteiger partial charge in [-0.05, 0) is 30.9 Å². The zero-order valence-electron chi connectivity index (χ0n) is 21.2. The van der Waals surface area contributed by atoms with Gasteiger partial charge in [-0.25, -0.2) is 9.78 Å². The van der Waals surface area contributed by atoms with E-state index >= 15 is 0 Å². The predicted molar refractivity (Wildman–Crippen MR) is 136 cm³/mol. The molecule has 1 aromatic carbocycles. The SMILES string of the molecule is CCC(C)C(NC(=O)C1CCCN1)C(=O)NC(Cc1ccccc1)C(=O)NC(Cc1cnc[nH]1)C(=O)O. The minimum Gasteiger partial charge on any atom is -0.480 e. The number of aliphatic carboxylic acids is 1. The number of carboxylic acids is 1. The Labute approximate surface area is 216 Å². The summed E-state index contributed by atoms with van der Waals surface area (Å²) in [5.41, 5.74) is 1.35. The Bertz CT molecular complexity index is 1040. The van der Waals surface area contributed by atoms with E-state index in [4.69, 9.17) is 0 Å². The quantitative estimate of drug-likeness (QED) is 0.228. The first-order chi connectivity index (χ1) is 17.8. The van der Waals surface area contributed by atoms with E-state index < -0.39 is 35.9 Å². The molecule has 1 aromatic heterocycles. The molecule has 0 bridgehead atoms. The maximum Gasteiger partial charge on any atom is 0.326 e. The van der Waals surface area contributed by atoms with Gasteiger partial charge in [0.25, 0.3) is 0 Å². The summed E-state index contributed by atoms with van der Waals surface area (Å²) in [5.74, 6) is -2.75. The van der Waals surface area contributed by atoms with Crippen molar-refractivity contribution in [2.45, 2.75) is 70.1 Å². The lowest BCUT2D eigenvalue weighted by Crippen LogP contribution is -2.59. The summed E-state index contributed by atoms with van der Waals surface area (Å²) >= 11 is 0. The molecule has 11 nitrogen and oxygen atoms in total. The van der Waals surface area contributed by atoms with Gasteiger partial charge in [0.1, 0.15) is 18.1 Å². The Hall–Kier alpha value is -3.73. The van der Waals surface area contributed by atoms with E-state index in [1.54, 1.807) is 0 Å². The molecule has 3 rings (SSSR count). The van der Waals surface area contributed by atoms with Gasteiger partial charge in [0.15, 0.2) is 0 Å². The Kier molecular flexibility index (Phi) is 10.2. The third-order valence-corrected chi connectivity index (χ3v) is 6.68. The second kappa shape index (κ2) is 13.5. The van der Waals surface area contributed by atoms with Crippen LogP contribution in [0.4, 0.5) is 0 Å². The Morgan fingerprint density at radius 3 is 2.38 bits per heavy atom. The largest absolute Gasteiger partial charge is 0.480 e. The van der Waals surface area contributed by atoms with E-state index in [1.807, 2.05) is 44.2 Å². The zero-order chi connectivity index (χ0) is 26.8. The van der Waals surface area contributed by atoms with E-state index in [9.17, 15) is 24.3 Å². The van der Waals surface area contributed by atoms with Crippen molar-refractivity contribution in [2.75, 3.05) is 6.54 Å². The number of benzene rings is 1. The Morgan fingerprint density at radius 1 is 1.05 bits per heavy atom. The number of aromatic nitrogens is 2. The number of aromatic amines is 1. The molecule has 1 aliphatic heterocycles. The van der Waals surface area contributed by atoms with Gasteiger partial charge in [-0.2, -0.15) is 0 Å². The van der Waals surface area contributed by atoms with Crippen LogP contribution >= 0.6 is 0 Å². The number of rotatable bonds is 13. The molecule has 0 spiro atoms. The van der Waals surface area contributed by atoms with Crippen LogP contribution in [-0.4, -0.2) is 69.5 Å². The first-order valence-corrected chi connectivity index (χ1v) is 12.7. The highest BCUT2D eigenvalue weighted by atomic mass is 16.4.